The number of urea groups is 1. The molecule has 1 atom stereocenters. The van der Waals surface area contributed by atoms with Crippen molar-refractivity contribution in [2.24, 2.45) is 0 Å². The maximum absolute atomic E-state index is 13.2. The van der Waals surface area contributed by atoms with Gasteiger partial charge >= 0.3 is 12.0 Å². The van der Waals surface area contributed by atoms with Gasteiger partial charge in [-0.2, -0.15) is 0 Å². The van der Waals surface area contributed by atoms with Gasteiger partial charge in [-0.1, -0.05) is 55.3 Å². The number of hydrogen-bond acceptors (Lipinski definition) is 5. The molecule has 182 valence electrons. The summed E-state index contributed by atoms with van der Waals surface area (Å²) in [5, 5.41) is 6.26. The van der Waals surface area contributed by atoms with E-state index >= 15 is 0 Å². The summed E-state index contributed by atoms with van der Waals surface area (Å²) in [6, 6.07) is 11.6. The van der Waals surface area contributed by atoms with E-state index in [0.717, 1.165) is 18.4 Å². The van der Waals surface area contributed by atoms with E-state index in [1.54, 1.807) is 45.2 Å². The summed E-state index contributed by atoms with van der Waals surface area (Å²) in [5.41, 5.74) is 2.30. The number of ether oxygens (including phenoxy) is 3. The second-order valence-electron chi connectivity index (χ2n) is 8.24. The van der Waals surface area contributed by atoms with Crippen LogP contribution in [0.5, 0.6) is 11.5 Å². The molecule has 1 aliphatic rings. The van der Waals surface area contributed by atoms with E-state index in [-0.39, 0.29) is 12.7 Å². The van der Waals surface area contributed by atoms with Crippen molar-refractivity contribution in [1.29, 1.82) is 0 Å². The van der Waals surface area contributed by atoms with Gasteiger partial charge < -0.3 is 24.8 Å². The Hall–Kier alpha value is -3.19. The molecular weight excluding hydrogens is 456 g/mol. The first-order valence-corrected chi connectivity index (χ1v) is 11.8. The largest absolute Gasteiger partial charge is 0.493 e. The van der Waals surface area contributed by atoms with Gasteiger partial charge in [0.2, 0.25) is 0 Å². The van der Waals surface area contributed by atoms with Crippen LogP contribution in [0.1, 0.15) is 57.2 Å². The third-order valence-corrected chi connectivity index (χ3v) is 5.74. The highest BCUT2D eigenvalue weighted by Crippen LogP contribution is 2.40. The lowest BCUT2D eigenvalue weighted by Crippen LogP contribution is -2.46. The molecule has 3 rings (SSSR count). The molecule has 1 aliphatic heterocycles. The fourth-order valence-corrected chi connectivity index (χ4v) is 3.95. The van der Waals surface area contributed by atoms with Gasteiger partial charge in [0.15, 0.2) is 11.5 Å². The summed E-state index contributed by atoms with van der Waals surface area (Å²) in [6.45, 7) is 5.81. The molecule has 7 nitrogen and oxygen atoms in total. The fourth-order valence-electron chi connectivity index (χ4n) is 3.76. The Morgan fingerprint density at radius 1 is 1.15 bits per heavy atom. The van der Waals surface area contributed by atoms with Crippen LogP contribution in [0.2, 0.25) is 5.02 Å². The Morgan fingerprint density at radius 2 is 1.91 bits per heavy atom. The SMILES string of the molecule is CCCCC1=C(C(=O)OC(C)C)C(c2cccc(OC)c2OCc2ccccc2Cl)NC(=O)N1. The average Bonchev–Trinajstić information content (AvgIpc) is 2.81. The first kappa shape index (κ1) is 25.4. The Bertz CT molecular complexity index is 1070. The number of carbonyl (C=O) groups is 2. The van der Waals surface area contributed by atoms with Crippen molar-refractivity contribution in [2.75, 3.05) is 7.11 Å². The maximum atomic E-state index is 13.2. The topological polar surface area (TPSA) is 85.9 Å². The minimum atomic E-state index is -0.775. The molecule has 2 aromatic carbocycles. The second-order valence-corrected chi connectivity index (χ2v) is 8.65. The van der Waals surface area contributed by atoms with Gasteiger partial charge in [0, 0.05) is 21.8 Å². The Morgan fingerprint density at radius 3 is 2.59 bits per heavy atom. The highest BCUT2D eigenvalue weighted by atomic mass is 35.5. The molecule has 0 spiro atoms. The van der Waals surface area contributed by atoms with E-state index in [0.29, 0.717) is 39.8 Å². The molecule has 1 heterocycles. The molecule has 0 saturated carbocycles. The van der Waals surface area contributed by atoms with Gasteiger partial charge in [-0.25, -0.2) is 9.59 Å². The van der Waals surface area contributed by atoms with Crippen LogP contribution in [0, 0.1) is 0 Å². The molecule has 0 bridgehead atoms. The number of para-hydroxylation sites is 1. The zero-order valence-electron chi connectivity index (χ0n) is 19.9. The van der Waals surface area contributed by atoms with Crippen molar-refractivity contribution in [3.05, 3.63) is 69.9 Å². The molecule has 8 heteroatoms. The number of hydrogen-bond donors (Lipinski definition) is 2. The molecular formula is C26H31ClN2O5. The number of methoxy groups -OCH3 is 1. The molecule has 34 heavy (non-hydrogen) atoms. The zero-order valence-corrected chi connectivity index (χ0v) is 20.7. The number of esters is 1. The summed E-state index contributed by atoms with van der Waals surface area (Å²) in [4.78, 5) is 25.8. The van der Waals surface area contributed by atoms with Gasteiger partial charge in [-0.05, 0) is 38.8 Å². The number of amides is 2. The summed E-state index contributed by atoms with van der Waals surface area (Å²) < 4.78 is 17.3. The highest BCUT2D eigenvalue weighted by molar-refractivity contribution is 6.31. The van der Waals surface area contributed by atoms with E-state index in [1.165, 1.54) is 0 Å². The smallest absolute Gasteiger partial charge is 0.338 e. The quantitative estimate of drug-likeness (QED) is 0.422. The number of carbonyl (C=O) groups excluding carboxylic acids is 2. The zero-order chi connectivity index (χ0) is 24.7. The van der Waals surface area contributed by atoms with Crippen LogP contribution in [0.4, 0.5) is 4.79 Å². The van der Waals surface area contributed by atoms with Gasteiger partial charge in [0.05, 0.1) is 24.8 Å². The lowest BCUT2D eigenvalue weighted by Gasteiger charge is -2.31. The van der Waals surface area contributed by atoms with Crippen LogP contribution in [0.25, 0.3) is 0 Å². The monoisotopic (exact) mass is 486 g/mol. The van der Waals surface area contributed by atoms with Crippen LogP contribution in [-0.4, -0.2) is 25.2 Å². The molecule has 2 amide bonds. The number of halogens is 1. The van der Waals surface area contributed by atoms with E-state index in [9.17, 15) is 9.59 Å². The van der Waals surface area contributed by atoms with E-state index in [2.05, 4.69) is 17.6 Å². The number of benzene rings is 2. The van der Waals surface area contributed by atoms with E-state index in [1.807, 2.05) is 18.2 Å². The molecule has 0 fully saturated rings. The first-order valence-electron chi connectivity index (χ1n) is 11.4. The second kappa shape index (κ2) is 11.8. The third kappa shape index (κ3) is 6.03. The molecule has 0 aliphatic carbocycles. The normalized spacial score (nSPS) is 15.6. The minimum Gasteiger partial charge on any atom is -0.493 e. The summed E-state index contributed by atoms with van der Waals surface area (Å²) >= 11 is 6.31. The molecule has 0 aromatic heterocycles. The van der Waals surface area contributed by atoms with Crippen molar-refractivity contribution in [3.63, 3.8) is 0 Å². The molecule has 2 N–H and O–H groups in total. The Balaban J connectivity index is 2.08. The van der Waals surface area contributed by atoms with Gasteiger partial charge in [0.1, 0.15) is 6.61 Å². The molecule has 2 aromatic rings. The van der Waals surface area contributed by atoms with Crippen LogP contribution >= 0.6 is 11.6 Å². The van der Waals surface area contributed by atoms with Crippen LogP contribution in [0.15, 0.2) is 53.7 Å². The maximum Gasteiger partial charge on any atom is 0.338 e. The Labute approximate surface area is 205 Å². The third-order valence-electron chi connectivity index (χ3n) is 5.37. The summed E-state index contributed by atoms with van der Waals surface area (Å²) in [5.74, 6) is 0.407. The number of rotatable bonds is 10. The highest BCUT2D eigenvalue weighted by Gasteiger charge is 2.36. The van der Waals surface area contributed by atoms with Crippen molar-refractivity contribution in [1.82, 2.24) is 10.6 Å². The number of nitrogens with one attached hydrogen (secondary N) is 2. The first-order chi connectivity index (χ1) is 16.3. The van der Waals surface area contributed by atoms with Crippen molar-refractivity contribution in [3.8, 4) is 11.5 Å². The predicted molar refractivity (Wildman–Crippen MR) is 131 cm³/mol. The van der Waals surface area contributed by atoms with Gasteiger partial charge in [0.25, 0.3) is 0 Å². The van der Waals surface area contributed by atoms with E-state index < -0.39 is 18.0 Å². The number of allylic oxidation sites excluding steroid dienone is 1. The van der Waals surface area contributed by atoms with Crippen LogP contribution in [0.3, 0.4) is 0 Å². The lowest BCUT2D eigenvalue weighted by molar-refractivity contribution is -0.143. The van der Waals surface area contributed by atoms with Crippen LogP contribution in [-0.2, 0) is 16.1 Å². The minimum absolute atomic E-state index is 0.185. The summed E-state index contributed by atoms with van der Waals surface area (Å²) in [7, 11) is 1.54. The molecule has 1 unspecified atom stereocenters. The summed E-state index contributed by atoms with van der Waals surface area (Å²) in [6.07, 6.45) is 1.96. The van der Waals surface area contributed by atoms with Crippen molar-refractivity contribution < 1.29 is 23.8 Å². The molecule has 0 radical (unpaired) electrons. The number of unbranched alkanes of at least 4 members (excludes halogenated alkanes) is 1. The van der Waals surface area contributed by atoms with E-state index in [4.69, 9.17) is 25.8 Å². The van der Waals surface area contributed by atoms with Gasteiger partial charge in [-0.3, -0.25) is 0 Å². The van der Waals surface area contributed by atoms with Gasteiger partial charge in [-0.15, -0.1) is 0 Å². The fraction of sp³-hybridized carbons (Fsp3) is 0.385. The van der Waals surface area contributed by atoms with Crippen molar-refractivity contribution >= 4 is 23.6 Å². The average molecular weight is 487 g/mol. The standard InChI is InChI=1S/C26H31ClN2O5/c1-5-6-13-20-22(25(30)34-16(2)3)23(29-26(31)28-20)18-11-9-14-21(32-4)24(18)33-15-17-10-7-8-12-19(17)27/h7-12,14,16,23H,5-6,13,15H2,1-4H3,(H2,28,29,31). The van der Waals surface area contributed by atoms with Crippen LogP contribution < -0.4 is 20.1 Å². The Kier molecular flexibility index (Phi) is 8.82. The molecule has 0 saturated heterocycles. The lowest BCUT2D eigenvalue weighted by atomic mass is 9.92. The van der Waals surface area contributed by atoms with Crippen molar-refractivity contribution in [2.45, 2.75) is 58.8 Å². The predicted octanol–water partition coefficient (Wildman–Crippen LogP) is 5.68.